The summed E-state index contributed by atoms with van der Waals surface area (Å²) in [5.41, 5.74) is 0. The summed E-state index contributed by atoms with van der Waals surface area (Å²) in [6.07, 6.45) is 1.47. The van der Waals surface area contributed by atoms with E-state index in [4.69, 9.17) is 13.6 Å². The van der Waals surface area contributed by atoms with Crippen LogP contribution in [0.5, 0.6) is 5.95 Å². The van der Waals surface area contributed by atoms with Crippen LogP contribution in [0.3, 0.4) is 0 Å². The van der Waals surface area contributed by atoms with Gasteiger partial charge >= 0.3 is 0 Å². The standard InChI is InChI=1S/C11H11NO5/c1-15-11-5-4-10(17-11)8(7-12(13)14)9-3-2-6-16-9/h2-6,8H,7H2,1H3/t8-/m0/s1. The number of ether oxygens (including phenoxy) is 1. The van der Waals surface area contributed by atoms with E-state index < -0.39 is 10.8 Å². The maximum Gasteiger partial charge on any atom is 0.284 e. The third kappa shape index (κ3) is 2.47. The van der Waals surface area contributed by atoms with E-state index in [1.165, 1.54) is 13.4 Å². The number of rotatable bonds is 5. The fraction of sp³-hybridized carbons (Fsp3) is 0.273. The van der Waals surface area contributed by atoms with Crippen LogP contribution >= 0.6 is 0 Å². The highest BCUT2D eigenvalue weighted by molar-refractivity contribution is 5.22. The van der Waals surface area contributed by atoms with Crippen molar-refractivity contribution in [1.82, 2.24) is 0 Å². The van der Waals surface area contributed by atoms with Crippen LogP contribution in [-0.2, 0) is 0 Å². The second kappa shape index (κ2) is 4.73. The zero-order valence-corrected chi connectivity index (χ0v) is 9.16. The third-order valence-electron chi connectivity index (χ3n) is 2.37. The van der Waals surface area contributed by atoms with E-state index in [0.717, 1.165) is 0 Å². The molecule has 0 aliphatic rings. The first-order valence-electron chi connectivity index (χ1n) is 4.99. The van der Waals surface area contributed by atoms with Crippen LogP contribution in [0.1, 0.15) is 17.4 Å². The number of furan rings is 2. The van der Waals surface area contributed by atoms with Gasteiger partial charge in [-0.15, -0.1) is 0 Å². The molecule has 6 heteroatoms. The largest absolute Gasteiger partial charge is 0.468 e. The van der Waals surface area contributed by atoms with Crippen LogP contribution in [0, 0.1) is 10.1 Å². The van der Waals surface area contributed by atoms with Gasteiger partial charge in [0.2, 0.25) is 6.54 Å². The van der Waals surface area contributed by atoms with Crippen LogP contribution in [0.15, 0.2) is 39.4 Å². The van der Waals surface area contributed by atoms with Crippen LogP contribution in [-0.4, -0.2) is 18.6 Å². The first-order chi connectivity index (χ1) is 8.20. The zero-order valence-electron chi connectivity index (χ0n) is 9.16. The van der Waals surface area contributed by atoms with Crippen molar-refractivity contribution in [2.45, 2.75) is 5.92 Å². The third-order valence-corrected chi connectivity index (χ3v) is 2.37. The Morgan fingerprint density at radius 2 is 2.24 bits per heavy atom. The molecule has 0 fully saturated rings. The van der Waals surface area contributed by atoms with E-state index in [2.05, 4.69) is 0 Å². The molecular formula is C11H11NO5. The fourth-order valence-electron chi connectivity index (χ4n) is 1.59. The Kier molecular flexibility index (Phi) is 3.13. The number of nitro groups is 1. The second-order valence-corrected chi connectivity index (χ2v) is 3.44. The van der Waals surface area contributed by atoms with Gasteiger partial charge in [0.1, 0.15) is 17.4 Å². The SMILES string of the molecule is COc1ccc([C@@H](C[N+](=O)[O-])c2ccco2)o1. The lowest BCUT2D eigenvalue weighted by molar-refractivity contribution is -0.482. The summed E-state index contributed by atoms with van der Waals surface area (Å²) in [7, 11) is 1.47. The lowest BCUT2D eigenvalue weighted by atomic mass is 10.0. The Morgan fingerprint density at radius 1 is 1.41 bits per heavy atom. The van der Waals surface area contributed by atoms with E-state index in [1.54, 1.807) is 24.3 Å². The minimum atomic E-state index is -0.538. The molecule has 0 N–H and O–H groups in total. The number of methoxy groups -OCH3 is 1. The number of nitrogens with zero attached hydrogens (tertiary/aromatic N) is 1. The Morgan fingerprint density at radius 3 is 2.76 bits per heavy atom. The molecule has 0 aliphatic carbocycles. The second-order valence-electron chi connectivity index (χ2n) is 3.44. The summed E-state index contributed by atoms with van der Waals surface area (Å²) in [6, 6.07) is 6.63. The first kappa shape index (κ1) is 11.3. The Balaban J connectivity index is 2.29. The monoisotopic (exact) mass is 237 g/mol. The van der Waals surface area contributed by atoms with Gasteiger partial charge in [-0.1, -0.05) is 0 Å². The lowest BCUT2D eigenvalue weighted by Crippen LogP contribution is -2.12. The predicted octanol–water partition coefficient (Wildman–Crippen LogP) is 2.29. The molecule has 0 saturated heterocycles. The van der Waals surface area contributed by atoms with E-state index in [9.17, 15) is 10.1 Å². The molecule has 0 radical (unpaired) electrons. The lowest BCUT2D eigenvalue weighted by Gasteiger charge is -2.06. The van der Waals surface area contributed by atoms with Crippen molar-refractivity contribution in [3.8, 4) is 5.95 Å². The first-order valence-corrected chi connectivity index (χ1v) is 4.99. The molecular weight excluding hydrogens is 226 g/mol. The maximum absolute atomic E-state index is 10.6. The Labute approximate surface area is 96.9 Å². The average Bonchev–Trinajstić information content (AvgIpc) is 2.97. The summed E-state index contributed by atoms with van der Waals surface area (Å²) in [4.78, 5) is 10.2. The molecule has 2 rings (SSSR count). The molecule has 0 saturated carbocycles. The van der Waals surface area contributed by atoms with Gasteiger partial charge in [-0.2, -0.15) is 0 Å². The highest BCUT2D eigenvalue weighted by atomic mass is 16.6. The van der Waals surface area contributed by atoms with Gasteiger partial charge in [-0.05, 0) is 18.2 Å². The maximum atomic E-state index is 10.6. The van der Waals surface area contributed by atoms with Crippen LogP contribution in [0.25, 0.3) is 0 Å². The summed E-state index contributed by atoms with van der Waals surface area (Å²) in [5.74, 6) is 0.732. The van der Waals surface area contributed by atoms with Gasteiger partial charge in [0.15, 0.2) is 0 Å². The molecule has 0 amide bonds. The molecule has 17 heavy (non-hydrogen) atoms. The molecule has 2 heterocycles. The molecule has 2 aromatic heterocycles. The van der Waals surface area contributed by atoms with Crippen molar-refractivity contribution >= 4 is 0 Å². The molecule has 0 aliphatic heterocycles. The quantitative estimate of drug-likeness (QED) is 0.588. The van der Waals surface area contributed by atoms with Gasteiger partial charge in [0, 0.05) is 11.0 Å². The van der Waals surface area contributed by atoms with Gasteiger partial charge in [0.25, 0.3) is 5.95 Å². The number of hydrogen-bond donors (Lipinski definition) is 0. The molecule has 0 bridgehead atoms. The number of hydrogen-bond acceptors (Lipinski definition) is 5. The van der Waals surface area contributed by atoms with E-state index in [-0.39, 0.29) is 6.54 Å². The van der Waals surface area contributed by atoms with Crippen molar-refractivity contribution in [2.24, 2.45) is 0 Å². The molecule has 0 spiro atoms. The predicted molar refractivity (Wildman–Crippen MR) is 57.7 cm³/mol. The van der Waals surface area contributed by atoms with Gasteiger partial charge in [-0.25, -0.2) is 0 Å². The molecule has 0 aromatic carbocycles. The summed E-state index contributed by atoms with van der Waals surface area (Å²) < 4.78 is 15.4. The van der Waals surface area contributed by atoms with Crippen molar-refractivity contribution in [1.29, 1.82) is 0 Å². The van der Waals surface area contributed by atoms with Gasteiger partial charge in [-0.3, -0.25) is 10.1 Å². The molecule has 1 atom stereocenters. The molecule has 90 valence electrons. The zero-order chi connectivity index (χ0) is 12.3. The Hall–Kier alpha value is -2.24. The topological polar surface area (TPSA) is 78.7 Å². The summed E-state index contributed by atoms with van der Waals surface area (Å²) >= 11 is 0. The normalized spacial score (nSPS) is 12.3. The van der Waals surface area contributed by atoms with E-state index >= 15 is 0 Å². The highest BCUT2D eigenvalue weighted by Gasteiger charge is 2.26. The summed E-state index contributed by atoms with van der Waals surface area (Å²) in [6.45, 7) is -0.288. The van der Waals surface area contributed by atoms with Crippen molar-refractivity contribution in [3.63, 3.8) is 0 Å². The van der Waals surface area contributed by atoms with Crippen LogP contribution in [0.4, 0.5) is 0 Å². The van der Waals surface area contributed by atoms with Gasteiger partial charge < -0.3 is 13.6 Å². The van der Waals surface area contributed by atoms with Crippen LogP contribution in [0.2, 0.25) is 0 Å². The van der Waals surface area contributed by atoms with E-state index in [1.807, 2.05) is 0 Å². The molecule has 2 aromatic rings. The average molecular weight is 237 g/mol. The van der Waals surface area contributed by atoms with Crippen molar-refractivity contribution < 1.29 is 18.5 Å². The molecule has 0 unspecified atom stereocenters. The fourth-order valence-corrected chi connectivity index (χ4v) is 1.59. The summed E-state index contributed by atoms with van der Waals surface area (Å²) in [5, 5.41) is 10.6. The van der Waals surface area contributed by atoms with E-state index in [0.29, 0.717) is 17.5 Å². The minimum Gasteiger partial charge on any atom is -0.468 e. The smallest absolute Gasteiger partial charge is 0.284 e. The highest BCUT2D eigenvalue weighted by Crippen LogP contribution is 2.29. The minimum absolute atomic E-state index is 0.288. The molecule has 6 nitrogen and oxygen atoms in total. The van der Waals surface area contributed by atoms with Crippen LogP contribution < -0.4 is 4.74 Å². The van der Waals surface area contributed by atoms with Gasteiger partial charge in [0.05, 0.1) is 13.4 Å². The van der Waals surface area contributed by atoms with Crippen molar-refractivity contribution in [3.05, 3.63) is 52.2 Å². The van der Waals surface area contributed by atoms with Crippen molar-refractivity contribution in [2.75, 3.05) is 13.7 Å². The Bertz CT molecular complexity index is 488.